The Morgan fingerprint density at radius 1 is 1.33 bits per heavy atom. The van der Waals surface area contributed by atoms with Crippen molar-refractivity contribution in [3.63, 3.8) is 0 Å². The average Bonchev–Trinajstić information content (AvgIpc) is 2.28. The van der Waals surface area contributed by atoms with E-state index in [1.54, 1.807) is 30.1 Å². The van der Waals surface area contributed by atoms with Gasteiger partial charge in [-0.3, -0.25) is 0 Å². The zero-order valence-electron chi connectivity index (χ0n) is 10.1. The van der Waals surface area contributed by atoms with Crippen LogP contribution in [0.25, 0.3) is 0 Å². The first-order valence-electron chi connectivity index (χ1n) is 5.60. The van der Waals surface area contributed by atoms with Crippen molar-refractivity contribution in [3.8, 4) is 0 Å². The minimum Gasteiger partial charge on any atom is -0.374 e. The average molecular weight is 281 g/mol. The molecule has 0 aliphatic rings. The third-order valence-electron chi connectivity index (χ3n) is 2.63. The van der Waals surface area contributed by atoms with Gasteiger partial charge in [0.1, 0.15) is 0 Å². The predicted molar refractivity (Wildman–Crippen MR) is 68.2 cm³/mol. The smallest absolute Gasteiger partial charge is 0.374 e. The fraction of sp³-hybridized carbons (Fsp3) is 0.500. The second-order valence-electron chi connectivity index (χ2n) is 4.06. The van der Waals surface area contributed by atoms with Gasteiger partial charge in [-0.25, -0.2) is 0 Å². The Bertz CT molecular complexity index is 393. The van der Waals surface area contributed by atoms with Crippen LogP contribution in [0, 0.1) is 0 Å². The van der Waals surface area contributed by atoms with Crippen LogP contribution < -0.4 is 10.6 Å². The van der Waals surface area contributed by atoms with Crippen molar-refractivity contribution in [1.29, 1.82) is 0 Å². The number of hydrogen-bond acceptors (Lipinski definition) is 2. The lowest BCUT2D eigenvalue weighted by atomic mass is 10.1. The van der Waals surface area contributed by atoms with Gasteiger partial charge in [0.15, 0.2) is 0 Å². The molecular weight excluding hydrogens is 265 g/mol. The molecule has 2 nitrogen and oxygen atoms in total. The number of alkyl halides is 3. The van der Waals surface area contributed by atoms with E-state index in [0.29, 0.717) is 23.7 Å². The summed E-state index contributed by atoms with van der Waals surface area (Å²) in [5.41, 5.74) is 6.99. The molecule has 102 valence electrons. The maximum Gasteiger partial charge on any atom is 0.390 e. The summed E-state index contributed by atoms with van der Waals surface area (Å²) in [5, 5.41) is 0.539. The molecule has 1 rings (SSSR count). The van der Waals surface area contributed by atoms with Gasteiger partial charge in [0.2, 0.25) is 0 Å². The molecule has 0 bridgehead atoms. The minimum absolute atomic E-state index is 0.0958. The first-order valence-corrected chi connectivity index (χ1v) is 5.98. The summed E-state index contributed by atoms with van der Waals surface area (Å²) in [6.07, 6.45) is -4.45. The molecule has 0 spiro atoms. The number of halogens is 4. The third-order valence-corrected chi connectivity index (χ3v) is 2.98. The van der Waals surface area contributed by atoms with E-state index in [-0.39, 0.29) is 6.54 Å². The molecule has 0 saturated carbocycles. The number of benzene rings is 1. The van der Waals surface area contributed by atoms with Gasteiger partial charge in [-0.05, 0) is 30.7 Å². The van der Waals surface area contributed by atoms with Gasteiger partial charge in [-0.2, -0.15) is 13.2 Å². The van der Waals surface area contributed by atoms with Crippen molar-refractivity contribution in [2.75, 3.05) is 25.0 Å². The highest BCUT2D eigenvalue weighted by atomic mass is 35.5. The quantitative estimate of drug-likeness (QED) is 0.897. The molecule has 1 aromatic carbocycles. The van der Waals surface area contributed by atoms with E-state index in [4.69, 9.17) is 17.3 Å². The Morgan fingerprint density at radius 3 is 2.56 bits per heavy atom. The van der Waals surface area contributed by atoms with Crippen LogP contribution in [0.2, 0.25) is 5.02 Å². The van der Waals surface area contributed by atoms with Crippen molar-refractivity contribution in [3.05, 3.63) is 28.8 Å². The van der Waals surface area contributed by atoms with Crippen LogP contribution in [-0.4, -0.2) is 26.3 Å². The Balaban J connectivity index is 2.84. The van der Waals surface area contributed by atoms with E-state index in [9.17, 15) is 13.2 Å². The van der Waals surface area contributed by atoms with Gasteiger partial charge >= 0.3 is 6.18 Å². The van der Waals surface area contributed by atoms with Crippen LogP contribution in [0.5, 0.6) is 0 Å². The summed E-state index contributed by atoms with van der Waals surface area (Å²) in [6.45, 7) is 0.311. The zero-order chi connectivity index (χ0) is 13.8. The molecule has 0 fully saturated rings. The lowest BCUT2D eigenvalue weighted by Gasteiger charge is -2.23. The van der Waals surface area contributed by atoms with Crippen molar-refractivity contribution >= 4 is 17.3 Å². The lowest BCUT2D eigenvalue weighted by molar-refractivity contribution is -0.132. The molecule has 0 radical (unpaired) electrons. The van der Waals surface area contributed by atoms with E-state index < -0.39 is 12.6 Å². The molecule has 2 N–H and O–H groups in total. The van der Waals surface area contributed by atoms with Gasteiger partial charge in [0, 0.05) is 24.3 Å². The van der Waals surface area contributed by atoms with Crippen LogP contribution in [-0.2, 0) is 6.42 Å². The van der Waals surface area contributed by atoms with Gasteiger partial charge in [0.05, 0.1) is 6.42 Å². The molecular formula is C12H16ClF3N2. The lowest BCUT2D eigenvalue weighted by Crippen LogP contribution is -2.25. The number of rotatable bonds is 5. The molecule has 0 aliphatic carbocycles. The van der Waals surface area contributed by atoms with Crippen LogP contribution in [0.3, 0.4) is 0 Å². The number of anilines is 1. The van der Waals surface area contributed by atoms with Gasteiger partial charge in [-0.1, -0.05) is 17.7 Å². The largest absolute Gasteiger partial charge is 0.390 e. The van der Waals surface area contributed by atoms with Crippen molar-refractivity contribution in [2.24, 2.45) is 5.73 Å². The highest BCUT2D eigenvalue weighted by molar-refractivity contribution is 6.31. The molecule has 0 heterocycles. The normalized spacial score (nSPS) is 11.7. The van der Waals surface area contributed by atoms with E-state index >= 15 is 0 Å². The zero-order valence-corrected chi connectivity index (χ0v) is 10.9. The van der Waals surface area contributed by atoms with E-state index in [0.717, 1.165) is 5.56 Å². The standard InChI is InChI=1S/C12H16ClF3N2/c1-18(8-6-12(14,15)16)11-4-2-3-10(13)9(11)5-7-17/h2-4H,5-8,17H2,1H3. The first-order chi connectivity index (χ1) is 8.35. The Kier molecular flexibility index (Phi) is 5.28. The van der Waals surface area contributed by atoms with Gasteiger partial charge < -0.3 is 10.6 Å². The van der Waals surface area contributed by atoms with Gasteiger partial charge in [-0.15, -0.1) is 0 Å². The Hall–Kier alpha value is -0.940. The van der Waals surface area contributed by atoms with E-state index in [1.165, 1.54) is 0 Å². The summed E-state index contributed by atoms with van der Waals surface area (Å²) in [7, 11) is 1.62. The number of nitrogens with zero attached hydrogens (tertiary/aromatic N) is 1. The molecule has 0 aromatic heterocycles. The second kappa shape index (κ2) is 6.29. The van der Waals surface area contributed by atoms with Crippen molar-refractivity contribution in [2.45, 2.75) is 19.0 Å². The first kappa shape index (κ1) is 15.1. The van der Waals surface area contributed by atoms with Crippen LogP contribution in [0.4, 0.5) is 18.9 Å². The summed E-state index contributed by atoms with van der Waals surface area (Å²) in [4.78, 5) is 1.56. The summed E-state index contributed by atoms with van der Waals surface area (Å²) < 4.78 is 36.6. The molecule has 0 saturated heterocycles. The predicted octanol–water partition coefficient (Wildman–Crippen LogP) is 3.23. The maximum absolute atomic E-state index is 12.2. The Labute approximate surface area is 110 Å². The third kappa shape index (κ3) is 4.38. The molecule has 0 amide bonds. The molecule has 1 aromatic rings. The highest BCUT2D eigenvalue weighted by Gasteiger charge is 2.27. The molecule has 0 atom stereocenters. The topological polar surface area (TPSA) is 29.3 Å². The van der Waals surface area contributed by atoms with Crippen LogP contribution >= 0.6 is 11.6 Å². The maximum atomic E-state index is 12.2. The molecule has 18 heavy (non-hydrogen) atoms. The second-order valence-corrected chi connectivity index (χ2v) is 4.47. The van der Waals surface area contributed by atoms with Crippen molar-refractivity contribution < 1.29 is 13.2 Å². The van der Waals surface area contributed by atoms with E-state index in [1.807, 2.05) is 0 Å². The highest BCUT2D eigenvalue weighted by Crippen LogP contribution is 2.28. The summed E-state index contributed by atoms with van der Waals surface area (Å²) in [5.74, 6) is 0. The number of hydrogen-bond donors (Lipinski definition) is 1. The molecule has 0 aliphatic heterocycles. The van der Waals surface area contributed by atoms with Crippen LogP contribution in [0.15, 0.2) is 18.2 Å². The van der Waals surface area contributed by atoms with Crippen molar-refractivity contribution in [1.82, 2.24) is 0 Å². The SMILES string of the molecule is CN(CCC(F)(F)F)c1cccc(Cl)c1CCN. The fourth-order valence-corrected chi connectivity index (χ4v) is 1.98. The molecule has 6 heteroatoms. The minimum atomic E-state index is -4.15. The van der Waals surface area contributed by atoms with E-state index in [2.05, 4.69) is 0 Å². The fourth-order valence-electron chi connectivity index (χ4n) is 1.71. The summed E-state index contributed by atoms with van der Waals surface area (Å²) >= 11 is 6.04. The number of nitrogens with two attached hydrogens (primary N) is 1. The molecule has 0 unspecified atom stereocenters. The van der Waals surface area contributed by atoms with Crippen LogP contribution in [0.1, 0.15) is 12.0 Å². The Morgan fingerprint density at radius 2 is 2.00 bits per heavy atom. The monoisotopic (exact) mass is 280 g/mol. The summed E-state index contributed by atoms with van der Waals surface area (Å²) in [6, 6.07) is 5.20. The van der Waals surface area contributed by atoms with Gasteiger partial charge in [0.25, 0.3) is 0 Å².